The molecule has 0 unspecified atom stereocenters. The van der Waals surface area contributed by atoms with Crippen LogP contribution in [0.4, 0.5) is 17.5 Å². The third kappa shape index (κ3) is 4.46. The molecule has 0 saturated carbocycles. The van der Waals surface area contributed by atoms with Crippen LogP contribution < -0.4 is 14.5 Å². The lowest BCUT2D eigenvalue weighted by Gasteiger charge is -2.36. The molecule has 1 aliphatic rings. The minimum absolute atomic E-state index is 0.191. The second-order valence-corrected chi connectivity index (χ2v) is 9.87. The van der Waals surface area contributed by atoms with Crippen molar-refractivity contribution in [3.63, 3.8) is 0 Å². The van der Waals surface area contributed by atoms with Gasteiger partial charge >= 0.3 is 0 Å². The van der Waals surface area contributed by atoms with E-state index in [0.717, 1.165) is 0 Å². The Hall–Kier alpha value is -4.23. The molecule has 1 saturated heterocycles. The van der Waals surface area contributed by atoms with Crippen LogP contribution in [0.1, 0.15) is 11.1 Å². The molecule has 2 aromatic heterocycles. The van der Waals surface area contributed by atoms with Crippen molar-refractivity contribution in [3.8, 4) is 6.07 Å². The highest BCUT2D eigenvalue weighted by atomic mass is 32.2. The maximum absolute atomic E-state index is 13.3. The van der Waals surface area contributed by atoms with E-state index in [4.69, 9.17) is 4.98 Å². The summed E-state index contributed by atoms with van der Waals surface area (Å²) < 4.78 is 29.2. The van der Waals surface area contributed by atoms with Crippen LogP contribution >= 0.6 is 0 Å². The summed E-state index contributed by atoms with van der Waals surface area (Å²) in [7, 11) is -3.87. The van der Waals surface area contributed by atoms with E-state index in [1.165, 1.54) is 0 Å². The average molecular weight is 486 g/mol. The second-order valence-electron chi connectivity index (χ2n) is 8.22. The van der Waals surface area contributed by atoms with Crippen LogP contribution in [0, 0.1) is 18.3 Å². The highest BCUT2D eigenvalue weighted by molar-refractivity contribution is 7.92. The van der Waals surface area contributed by atoms with Crippen molar-refractivity contribution in [2.75, 3.05) is 40.7 Å². The van der Waals surface area contributed by atoms with Crippen molar-refractivity contribution in [2.45, 2.75) is 11.8 Å². The van der Waals surface area contributed by atoms with Gasteiger partial charge in [0.05, 0.1) is 21.5 Å². The fourth-order valence-electron chi connectivity index (χ4n) is 4.19. The first kappa shape index (κ1) is 22.6. The number of nitriles is 1. The number of hydrogen-bond acceptors (Lipinski definition) is 8. The first-order chi connectivity index (χ1) is 17.0. The molecule has 9 nitrogen and oxygen atoms in total. The first-order valence-electron chi connectivity index (χ1n) is 11.2. The SMILES string of the molecule is Cc1ccccc1S(=O)(=O)Nc1nc2ccccc2nc1N1CCN(c2ncccc2C#N)CC1. The van der Waals surface area contributed by atoms with Crippen LogP contribution in [0.3, 0.4) is 0 Å². The fraction of sp³-hybridized carbons (Fsp3) is 0.200. The van der Waals surface area contributed by atoms with Crippen LogP contribution in [0.15, 0.2) is 71.8 Å². The molecule has 0 spiro atoms. The van der Waals surface area contributed by atoms with E-state index in [1.54, 1.807) is 55.6 Å². The maximum atomic E-state index is 13.3. The monoisotopic (exact) mass is 485 g/mol. The molecule has 2 aromatic carbocycles. The van der Waals surface area contributed by atoms with Gasteiger partial charge in [0.1, 0.15) is 11.9 Å². The molecule has 4 aromatic rings. The average Bonchev–Trinajstić information content (AvgIpc) is 2.88. The third-order valence-electron chi connectivity index (χ3n) is 5.95. The Kier molecular flexibility index (Phi) is 5.93. The van der Waals surface area contributed by atoms with Gasteiger partial charge < -0.3 is 9.80 Å². The second kappa shape index (κ2) is 9.19. The quantitative estimate of drug-likeness (QED) is 0.458. The van der Waals surface area contributed by atoms with Crippen molar-refractivity contribution < 1.29 is 8.42 Å². The minimum Gasteiger partial charge on any atom is -0.352 e. The predicted octanol–water partition coefficient (Wildman–Crippen LogP) is 3.33. The van der Waals surface area contributed by atoms with Gasteiger partial charge in [-0.1, -0.05) is 30.3 Å². The number of anilines is 3. The highest BCUT2D eigenvalue weighted by Gasteiger charge is 2.26. The van der Waals surface area contributed by atoms with Crippen molar-refractivity contribution >= 4 is 38.5 Å². The Morgan fingerprint density at radius 3 is 2.17 bits per heavy atom. The zero-order valence-electron chi connectivity index (χ0n) is 19.1. The molecule has 0 radical (unpaired) electrons. The van der Waals surface area contributed by atoms with Gasteiger partial charge in [-0.15, -0.1) is 0 Å². The molecular weight excluding hydrogens is 462 g/mol. The molecule has 35 heavy (non-hydrogen) atoms. The fourth-order valence-corrected chi connectivity index (χ4v) is 5.44. The summed E-state index contributed by atoms with van der Waals surface area (Å²) in [5, 5.41) is 9.43. The maximum Gasteiger partial charge on any atom is 0.263 e. The van der Waals surface area contributed by atoms with Crippen molar-refractivity contribution in [3.05, 3.63) is 78.0 Å². The van der Waals surface area contributed by atoms with Crippen molar-refractivity contribution in [1.29, 1.82) is 5.26 Å². The lowest BCUT2D eigenvalue weighted by atomic mass is 10.2. The van der Waals surface area contributed by atoms with Gasteiger partial charge in [-0.05, 0) is 42.8 Å². The number of hydrogen-bond donors (Lipinski definition) is 1. The molecular formula is C25H23N7O2S. The molecule has 1 aliphatic heterocycles. The van der Waals surface area contributed by atoms with Crippen LogP contribution in [0.5, 0.6) is 0 Å². The number of benzene rings is 2. The highest BCUT2D eigenvalue weighted by Crippen LogP contribution is 2.29. The van der Waals surface area contributed by atoms with Crippen molar-refractivity contribution in [1.82, 2.24) is 15.0 Å². The van der Waals surface area contributed by atoms with Gasteiger partial charge in [0.2, 0.25) is 0 Å². The predicted molar refractivity (Wildman–Crippen MR) is 135 cm³/mol. The van der Waals surface area contributed by atoms with E-state index < -0.39 is 10.0 Å². The minimum atomic E-state index is -3.87. The normalized spacial score (nSPS) is 14.1. The summed E-state index contributed by atoms with van der Waals surface area (Å²) in [5.41, 5.74) is 2.45. The molecule has 1 N–H and O–H groups in total. The number of fused-ring (bicyclic) bond motifs is 1. The Morgan fingerprint density at radius 2 is 1.49 bits per heavy atom. The summed E-state index contributed by atoms with van der Waals surface area (Å²) >= 11 is 0. The number of para-hydroxylation sites is 2. The Morgan fingerprint density at radius 1 is 0.857 bits per heavy atom. The molecule has 176 valence electrons. The molecule has 0 atom stereocenters. The van der Waals surface area contributed by atoms with Gasteiger partial charge in [-0.2, -0.15) is 5.26 Å². The third-order valence-corrected chi connectivity index (χ3v) is 7.45. The summed E-state index contributed by atoms with van der Waals surface area (Å²) in [6.45, 7) is 4.09. The molecule has 0 aliphatic carbocycles. The molecule has 10 heteroatoms. The lowest BCUT2D eigenvalue weighted by Crippen LogP contribution is -2.47. The van der Waals surface area contributed by atoms with E-state index >= 15 is 0 Å². The number of nitrogens with one attached hydrogen (secondary N) is 1. The van der Waals surface area contributed by atoms with Gasteiger partial charge in [0.15, 0.2) is 11.6 Å². The van der Waals surface area contributed by atoms with E-state index in [9.17, 15) is 13.7 Å². The summed E-state index contributed by atoms with van der Waals surface area (Å²) in [5.74, 6) is 1.32. The van der Waals surface area contributed by atoms with Crippen LogP contribution in [0.2, 0.25) is 0 Å². The van der Waals surface area contributed by atoms with Gasteiger partial charge in [0.25, 0.3) is 10.0 Å². The largest absolute Gasteiger partial charge is 0.352 e. The number of aryl methyl sites for hydroxylation is 1. The van der Waals surface area contributed by atoms with Gasteiger partial charge in [-0.3, -0.25) is 4.72 Å². The summed E-state index contributed by atoms with van der Waals surface area (Å²) in [6, 6.07) is 19.9. The van der Waals surface area contributed by atoms with E-state index in [1.807, 2.05) is 23.1 Å². The van der Waals surface area contributed by atoms with Crippen LogP contribution in [-0.2, 0) is 10.0 Å². The topological polar surface area (TPSA) is 115 Å². The van der Waals surface area contributed by atoms with E-state index in [0.29, 0.717) is 60.0 Å². The Labute approximate surface area is 203 Å². The zero-order valence-corrected chi connectivity index (χ0v) is 19.9. The van der Waals surface area contributed by atoms with Gasteiger partial charge in [0, 0.05) is 32.4 Å². The molecule has 0 amide bonds. The first-order valence-corrected chi connectivity index (χ1v) is 12.6. The summed E-state index contributed by atoms with van der Waals surface area (Å²) in [6.07, 6.45) is 1.68. The Bertz CT molecular complexity index is 1540. The molecule has 3 heterocycles. The standard InChI is InChI=1S/C25H23N7O2S/c1-18-7-2-5-11-22(18)35(33,34)30-23-25(29-21-10-4-3-9-20(21)28-23)32-15-13-31(14-16-32)24-19(17-26)8-6-12-27-24/h2-12H,13-16H2,1H3,(H,28,30). The molecule has 1 fully saturated rings. The van der Waals surface area contributed by atoms with Gasteiger partial charge in [-0.25, -0.2) is 23.4 Å². The number of aromatic nitrogens is 3. The van der Waals surface area contributed by atoms with Crippen LogP contribution in [-0.4, -0.2) is 49.5 Å². The summed E-state index contributed by atoms with van der Waals surface area (Å²) in [4.78, 5) is 18.1. The number of nitrogens with zero attached hydrogens (tertiary/aromatic N) is 6. The van der Waals surface area contributed by atoms with Crippen molar-refractivity contribution in [2.24, 2.45) is 0 Å². The van der Waals surface area contributed by atoms with E-state index in [2.05, 4.69) is 25.7 Å². The number of piperazine rings is 1. The van der Waals surface area contributed by atoms with E-state index in [-0.39, 0.29) is 10.7 Å². The zero-order chi connectivity index (χ0) is 24.4. The molecule has 5 rings (SSSR count). The van der Waals surface area contributed by atoms with Crippen LogP contribution in [0.25, 0.3) is 11.0 Å². The Balaban J connectivity index is 1.48. The lowest BCUT2D eigenvalue weighted by molar-refractivity contribution is 0.600. The number of rotatable bonds is 5. The smallest absolute Gasteiger partial charge is 0.263 e. The number of pyridine rings is 1. The molecule has 0 bridgehead atoms. The number of sulfonamides is 1.